The Hall–Kier alpha value is -3.36. The third-order valence-electron chi connectivity index (χ3n) is 4.36. The van der Waals surface area contributed by atoms with E-state index in [1.165, 1.54) is 0 Å². The Morgan fingerprint density at radius 2 is 1.75 bits per heavy atom. The van der Waals surface area contributed by atoms with E-state index in [0.717, 1.165) is 0 Å². The number of nitrogens with zero attached hydrogens (tertiary/aromatic N) is 4. The van der Waals surface area contributed by atoms with E-state index in [0.29, 0.717) is 50.0 Å². The number of aromatic nitrogens is 2. The number of ether oxygens (including phenoxy) is 2. The Balaban J connectivity index is 1.56. The number of hydrogen-bond donors (Lipinski definition) is 1. The molecule has 1 aromatic heterocycles. The Kier molecular flexibility index (Phi) is 6.25. The van der Waals surface area contributed by atoms with Crippen molar-refractivity contribution < 1.29 is 19.1 Å². The SMILES string of the molecule is CCOC(=O)N1CCN(c2ccc(C(=O)Nc3ccc(OC)cc3)nn2)CC1. The van der Waals surface area contributed by atoms with Gasteiger partial charge in [-0.25, -0.2) is 4.79 Å². The number of anilines is 2. The molecule has 0 bridgehead atoms. The molecule has 0 aliphatic carbocycles. The largest absolute Gasteiger partial charge is 0.497 e. The van der Waals surface area contributed by atoms with Crippen molar-refractivity contribution in [2.24, 2.45) is 0 Å². The van der Waals surface area contributed by atoms with E-state index in [1.54, 1.807) is 55.3 Å². The quantitative estimate of drug-likeness (QED) is 0.841. The fourth-order valence-corrected chi connectivity index (χ4v) is 2.82. The first-order valence-corrected chi connectivity index (χ1v) is 9.06. The first-order valence-electron chi connectivity index (χ1n) is 9.06. The summed E-state index contributed by atoms with van der Waals surface area (Å²) in [4.78, 5) is 27.8. The minimum absolute atomic E-state index is 0.227. The second-order valence-corrected chi connectivity index (χ2v) is 6.13. The van der Waals surface area contributed by atoms with Gasteiger partial charge < -0.3 is 24.6 Å². The fourth-order valence-electron chi connectivity index (χ4n) is 2.82. The Bertz CT molecular complexity index is 802. The second kappa shape index (κ2) is 9.03. The zero-order chi connectivity index (χ0) is 19.9. The fraction of sp³-hybridized carbons (Fsp3) is 0.368. The maximum absolute atomic E-state index is 12.3. The van der Waals surface area contributed by atoms with Crippen LogP contribution in [0.3, 0.4) is 0 Å². The van der Waals surface area contributed by atoms with Crippen LogP contribution in [0.15, 0.2) is 36.4 Å². The molecule has 0 unspecified atom stereocenters. The van der Waals surface area contributed by atoms with Crippen LogP contribution in [0.2, 0.25) is 0 Å². The molecule has 148 valence electrons. The van der Waals surface area contributed by atoms with Gasteiger partial charge in [-0.1, -0.05) is 0 Å². The van der Waals surface area contributed by atoms with Crippen molar-refractivity contribution in [2.75, 3.05) is 50.1 Å². The maximum atomic E-state index is 12.3. The van der Waals surface area contributed by atoms with E-state index >= 15 is 0 Å². The van der Waals surface area contributed by atoms with E-state index in [1.807, 2.05) is 4.90 Å². The van der Waals surface area contributed by atoms with Gasteiger partial charge in [0.2, 0.25) is 0 Å². The summed E-state index contributed by atoms with van der Waals surface area (Å²) in [6.07, 6.45) is -0.293. The van der Waals surface area contributed by atoms with Gasteiger partial charge in [0.05, 0.1) is 13.7 Å². The highest BCUT2D eigenvalue weighted by molar-refractivity contribution is 6.02. The minimum atomic E-state index is -0.337. The average molecular weight is 385 g/mol. The highest BCUT2D eigenvalue weighted by atomic mass is 16.6. The monoisotopic (exact) mass is 385 g/mol. The zero-order valence-corrected chi connectivity index (χ0v) is 15.9. The van der Waals surface area contributed by atoms with E-state index in [9.17, 15) is 9.59 Å². The van der Waals surface area contributed by atoms with Crippen LogP contribution in [0.1, 0.15) is 17.4 Å². The molecule has 0 spiro atoms. The number of amides is 2. The predicted octanol–water partition coefficient (Wildman–Crippen LogP) is 2.02. The highest BCUT2D eigenvalue weighted by Crippen LogP contribution is 2.17. The maximum Gasteiger partial charge on any atom is 0.409 e. The number of piperazine rings is 1. The molecule has 0 atom stereocenters. The molecule has 1 aromatic carbocycles. The van der Waals surface area contributed by atoms with Crippen LogP contribution in [0.5, 0.6) is 5.75 Å². The summed E-state index contributed by atoms with van der Waals surface area (Å²) in [6.45, 7) is 4.52. The van der Waals surface area contributed by atoms with Crippen molar-refractivity contribution in [3.05, 3.63) is 42.1 Å². The average Bonchev–Trinajstić information content (AvgIpc) is 2.74. The number of methoxy groups -OCH3 is 1. The summed E-state index contributed by atoms with van der Waals surface area (Å²) in [6, 6.07) is 10.4. The van der Waals surface area contributed by atoms with Gasteiger partial charge in [-0.15, -0.1) is 10.2 Å². The Morgan fingerprint density at radius 3 is 2.32 bits per heavy atom. The Morgan fingerprint density at radius 1 is 1.04 bits per heavy atom. The predicted molar refractivity (Wildman–Crippen MR) is 104 cm³/mol. The van der Waals surface area contributed by atoms with E-state index in [4.69, 9.17) is 9.47 Å². The lowest BCUT2D eigenvalue weighted by atomic mass is 10.2. The third-order valence-corrected chi connectivity index (χ3v) is 4.36. The molecular weight excluding hydrogens is 362 g/mol. The van der Waals surface area contributed by atoms with Crippen LogP contribution in [0, 0.1) is 0 Å². The van der Waals surface area contributed by atoms with Crippen molar-refractivity contribution in [3.63, 3.8) is 0 Å². The van der Waals surface area contributed by atoms with Crippen molar-refractivity contribution in [1.82, 2.24) is 15.1 Å². The molecule has 1 N–H and O–H groups in total. The summed E-state index contributed by atoms with van der Waals surface area (Å²) in [5.41, 5.74) is 0.872. The van der Waals surface area contributed by atoms with Gasteiger partial charge in [0, 0.05) is 31.9 Å². The van der Waals surface area contributed by atoms with Crippen LogP contribution in [0.25, 0.3) is 0 Å². The molecule has 0 radical (unpaired) electrons. The topological polar surface area (TPSA) is 96.9 Å². The lowest BCUT2D eigenvalue weighted by Crippen LogP contribution is -2.49. The third kappa shape index (κ3) is 4.67. The van der Waals surface area contributed by atoms with E-state index in [2.05, 4.69) is 15.5 Å². The summed E-state index contributed by atoms with van der Waals surface area (Å²) in [7, 11) is 1.58. The van der Waals surface area contributed by atoms with Gasteiger partial charge in [-0.2, -0.15) is 0 Å². The molecule has 1 saturated heterocycles. The highest BCUT2D eigenvalue weighted by Gasteiger charge is 2.23. The summed E-state index contributed by atoms with van der Waals surface area (Å²) in [5, 5.41) is 11.0. The number of rotatable bonds is 5. The standard InChI is InChI=1S/C19H23N5O4/c1-3-28-19(26)24-12-10-23(11-13-24)17-9-8-16(21-22-17)18(25)20-14-4-6-15(27-2)7-5-14/h4-9H,3,10-13H2,1-2H3,(H,20,25). The van der Waals surface area contributed by atoms with Crippen LogP contribution in [-0.2, 0) is 4.74 Å². The molecule has 2 heterocycles. The van der Waals surface area contributed by atoms with E-state index in [-0.39, 0.29) is 17.7 Å². The van der Waals surface area contributed by atoms with Crippen LogP contribution in [0.4, 0.5) is 16.3 Å². The number of benzene rings is 1. The molecular formula is C19H23N5O4. The normalized spacial score (nSPS) is 13.8. The van der Waals surface area contributed by atoms with Crippen molar-refractivity contribution >= 4 is 23.5 Å². The summed E-state index contributed by atoms with van der Waals surface area (Å²) in [5.74, 6) is 1.05. The van der Waals surface area contributed by atoms with Gasteiger partial charge in [0.1, 0.15) is 5.75 Å². The zero-order valence-electron chi connectivity index (χ0n) is 15.9. The molecule has 1 fully saturated rings. The molecule has 3 rings (SSSR count). The van der Waals surface area contributed by atoms with Crippen LogP contribution in [-0.4, -0.2) is 67.0 Å². The summed E-state index contributed by atoms with van der Waals surface area (Å²) >= 11 is 0. The second-order valence-electron chi connectivity index (χ2n) is 6.13. The van der Waals surface area contributed by atoms with Crippen LogP contribution >= 0.6 is 0 Å². The number of hydrogen-bond acceptors (Lipinski definition) is 7. The molecule has 0 saturated carbocycles. The van der Waals surface area contributed by atoms with Gasteiger partial charge in [-0.3, -0.25) is 4.79 Å². The lowest BCUT2D eigenvalue weighted by molar-refractivity contribution is 0.101. The minimum Gasteiger partial charge on any atom is -0.497 e. The number of carbonyl (C=O) groups excluding carboxylic acids is 2. The van der Waals surface area contributed by atoms with E-state index < -0.39 is 0 Å². The number of carbonyl (C=O) groups is 2. The lowest BCUT2D eigenvalue weighted by Gasteiger charge is -2.34. The van der Waals surface area contributed by atoms with Gasteiger partial charge in [-0.05, 0) is 43.3 Å². The van der Waals surface area contributed by atoms with Gasteiger partial charge >= 0.3 is 6.09 Å². The first kappa shape index (κ1) is 19.4. The Labute approximate surface area is 163 Å². The van der Waals surface area contributed by atoms with Crippen molar-refractivity contribution in [3.8, 4) is 5.75 Å². The van der Waals surface area contributed by atoms with Crippen LogP contribution < -0.4 is 15.0 Å². The summed E-state index contributed by atoms with van der Waals surface area (Å²) < 4.78 is 10.1. The molecule has 1 aliphatic rings. The van der Waals surface area contributed by atoms with Crippen molar-refractivity contribution in [1.29, 1.82) is 0 Å². The van der Waals surface area contributed by atoms with Crippen molar-refractivity contribution in [2.45, 2.75) is 6.92 Å². The van der Waals surface area contributed by atoms with Gasteiger partial charge in [0.25, 0.3) is 5.91 Å². The molecule has 28 heavy (non-hydrogen) atoms. The molecule has 9 heteroatoms. The molecule has 2 aromatic rings. The smallest absolute Gasteiger partial charge is 0.409 e. The first-order chi connectivity index (χ1) is 13.6. The molecule has 1 aliphatic heterocycles. The molecule has 9 nitrogen and oxygen atoms in total. The van der Waals surface area contributed by atoms with Gasteiger partial charge in [0.15, 0.2) is 11.5 Å². The number of nitrogens with one attached hydrogen (secondary N) is 1. The molecule has 2 amide bonds.